The highest BCUT2D eigenvalue weighted by atomic mass is 79.9. The molecule has 0 atom stereocenters. The van der Waals surface area contributed by atoms with Gasteiger partial charge in [-0.1, -0.05) is 24.6 Å². The third-order valence-electron chi connectivity index (χ3n) is 6.00. The van der Waals surface area contributed by atoms with E-state index in [0.29, 0.717) is 36.6 Å². The van der Waals surface area contributed by atoms with Gasteiger partial charge in [0, 0.05) is 36.2 Å². The summed E-state index contributed by atoms with van der Waals surface area (Å²) < 4.78 is 28.3. The highest BCUT2D eigenvalue weighted by Gasteiger charge is 2.31. The predicted octanol–water partition coefficient (Wildman–Crippen LogP) is 4.31. The molecule has 2 aromatic carbocycles. The summed E-state index contributed by atoms with van der Waals surface area (Å²) in [6, 6.07) is 12.9. The van der Waals surface area contributed by atoms with Crippen molar-refractivity contribution in [1.82, 2.24) is 9.29 Å². The quantitative estimate of drug-likeness (QED) is 0.597. The number of nitrogens with zero attached hydrogens (tertiary/aromatic N) is 2. The zero-order chi connectivity index (χ0) is 20.9. The van der Waals surface area contributed by atoms with Gasteiger partial charge in [0.25, 0.3) is 5.91 Å². The maximum Gasteiger partial charge on any atom is 0.275 e. The van der Waals surface area contributed by atoms with Crippen LogP contribution in [0.15, 0.2) is 51.8 Å². The lowest BCUT2D eigenvalue weighted by Gasteiger charge is -2.26. The van der Waals surface area contributed by atoms with Crippen LogP contribution in [0, 0.1) is 0 Å². The van der Waals surface area contributed by atoms with Gasteiger partial charge in [0.2, 0.25) is 10.0 Å². The van der Waals surface area contributed by atoms with E-state index < -0.39 is 10.0 Å². The molecule has 0 spiro atoms. The number of aromatic amines is 1. The van der Waals surface area contributed by atoms with Gasteiger partial charge in [-0.15, -0.1) is 0 Å². The van der Waals surface area contributed by atoms with E-state index in [1.807, 2.05) is 24.3 Å². The summed E-state index contributed by atoms with van der Waals surface area (Å²) >= 11 is 3.56. The number of fused-ring (bicyclic) bond motifs is 2. The first-order valence-electron chi connectivity index (χ1n) is 10.2. The highest BCUT2D eigenvalue weighted by Crippen LogP contribution is 2.35. The summed E-state index contributed by atoms with van der Waals surface area (Å²) in [4.78, 5) is 18.5. The van der Waals surface area contributed by atoms with Crippen LogP contribution in [0.2, 0.25) is 0 Å². The van der Waals surface area contributed by atoms with Gasteiger partial charge in [-0.3, -0.25) is 4.79 Å². The molecule has 1 aromatic heterocycles. The second-order valence-corrected chi connectivity index (χ2v) is 10.6. The van der Waals surface area contributed by atoms with E-state index in [1.165, 1.54) is 0 Å². The monoisotopic (exact) mass is 487 g/mol. The number of rotatable bonds is 3. The Morgan fingerprint density at radius 3 is 2.53 bits per heavy atom. The summed E-state index contributed by atoms with van der Waals surface area (Å²) in [5.74, 6) is -0.122. The van der Waals surface area contributed by atoms with Gasteiger partial charge in [-0.2, -0.15) is 4.31 Å². The van der Waals surface area contributed by atoms with Crippen LogP contribution in [0.1, 0.15) is 35.3 Å². The molecule has 5 rings (SSSR count). The van der Waals surface area contributed by atoms with E-state index in [-0.39, 0.29) is 5.91 Å². The molecule has 1 amide bonds. The Balaban J connectivity index is 1.46. The molecule has 1 fully saturated rings. The van der Waals surface area contributed by atoms with Gasteiger partial charge in [-0.05, 0) is 65.0 Å². The first-order chi connectivity index (χ1) is 14.5. The molecule has 156 valence electrons. The summed E-state index contributed by atoms with van der Waals surface area (Å²) in [5, 5.41) is 0.961. The summed E-state index contributed by atoms with van der Waals surface area (Å²) in [6.07, 6.45) is 3.54. The molecule has 3 heterocycles. The van der Waals surface area contributed by atoms with Crippen LogP contribution in [0.3, 0.4) is 0 Å². The molecule has 8 heteroatoms. The Morgan fingerprint density at radius 1 is 1.00 bits per heavy atom. The summed E-state index contributed by atoms with van der Waals surface area (Å²) in [5.41, 5.74) is 3.08. The molecule has 0 saturated carbocycles. The number of sulfonamides is 1. The second kappa shape index (κ2) is 7.51. The highest BCUT2D eigenvalue weighted by molar-refractivity contribution is 9.10. The average molecular weight is 488 g/mol. The largest absolute Gasteiger partial charge is 0.350 e. The third kappa shape index (κ3) is 3.18. The molecule has 2 aliphatic rings. The fourth-order valence-electron chi connectivity index (χ4n) is 4.39. The first kappa shape index (κ1) is 19.8. The Hall–Kier alpha value is -2.16. The van der Waals surface area contributed by atoms with Gasteiger partial charge < -0.3 is 9.88 Å². The maximum atomic E-state index is 13.3. The topological polar surface area (TPSA) is 73.5 Å². The number of H-pyrrole nitrogens is 1. The lowest BCUT2D eigenvalue weighted by molar-refractivity contribution is 0.0984. The Labute approximate surface area is 184 Å². The number of nitrogens with one attached hydrogen (secondary N) is 1. The lowest BCUT2D eigenvalue weighted by atomic mass is 10.2. The number of anilines is 1. The van der Waals surface area contributed by atoms with Gasteiger partial charge in [0.15, 0.2) is 0 Å². The molecular formula is C22H22BrN3O3S. The Bertz CT molecular complexity index is 1250. The number of carbonyl (C=O) groups excluding carboxylic acids is 1. The van der Waals surface area contributed by atoms with E-state index in [2.05, 4.69) is 20.9 Å². The SMILES string of the molecule is O=C(c1[nH]c2ccccc2c1Br)N1CCc2cc(S(=O)(=O)N3CCCCC3)ccc21. The number of hydrogen-bond acceptors (Lipinski definition) is 3. The minimum atomic E-state index is -3.48. The fourth-order valence-corrected chi connectivity index (χ4v) is 6.58. The maximum absolute atomic E-state index is 13.3. The smallest absolute Gasteiger partial charge is 0.275 e. The standard InChI is InChI=1S/C22H22BrN3O3S/c23-20-17-6-2-3-7-18(17)24-21(20)22(27)26-13-10-15-14-16(8-9-19(15)26)30(28,29)25-11-4-1-5-12-25/h2-3,6-9,14,24H,1,4-5,10-13H2. The van der Waals surface area contributed by atoms with Crippen LogP contribution >= 0.6 is 15.9 Å². The zero-order valence-electron chi connectivity index (χ0n) is 16.4. The first-order valence-corrected chi connectivity index (χ1v) is 12.4. The molecule has 0 aliphatic carbocycles. The number of para-hydroxylation sites is 1. The van der Waals surface area contributed by atoms with Crippen LogP contribution in [-0.2, 0) is 16.4 Å². The number of hydrogen-bond donors (Lipinski definition) is 1. The van der Waals surface area contributed by atoms with Crippen molar-refractivity contribution in [1.29, 1.82) is 0 Å². The summed E-state index contributed by atoms with van der Waals surface area (Å²) in [6.45, 7) is 1.69. The van der Waals surface area contributed by atoms with E-state index in [9.17, 15) is 13.2 Å². The minimum absolute atomic E-state index is 0.122. The van der Waals surface area contributed by atoms with Crippen molar-refractivity contribution >= 4 is 48.5 Å². The van der Waals surface area contributed by atoms with Crippen molar-refractivity contribution in [2.45, 2.75) is 30.6 Å². The van der Waals surface area contributed by atoms with Gasteiger partial charge in [0.1, 0.15) is 5.69 Å². The third-order valence-corrected chi connectivity index (χ3v) is 8.72. The normalized spacial score (nSPS) is 17.4. The number of amides is 1. The number of carbonyl (C=O) groups is 1. The molecule has 1 saturated heterocycles. The van der Waals surface area contributed by atoms with Crippen molar-refractivity contribution in [2.75, 3.05) is 24.5 Å². The van der Waals surface area contributed by atoms with Gasteiger partial charge in [0.05, 0.1) is 9.37 Å². The number of piperidine rings is 1. The van der Waals surface area contributed by atoms with Crippen LogP contribution < -0.4 is 4.90 Å². The molecule has 0 bridgehead atoms. The number of halogens is 1. The van der Waals surface area contributed by atoms with Crippen molar-refractivity contribution in [3.63, 3.8) is 0 Å². The zero-order valence-corrected chi connectivity index (χ0v) is 18.8. The minimum Gasteiger partial charge on any atom is -0.350 e. The second-order valence-electron chi connectivity index (χ2n) is 7.82. The molecule has 1 N–H and O–H groups in total. The molecule has 0 radical (unpaired) electrons. The van der Waals surface area contributed by atoms with E-state index in [4.69, 9.17) is 0 Å². The van der Waals surface area contributed by atoms with E-state index in [1.54, 1.807) is 27.4 Å². The Kier molecular flexibility index (Phi) is 4.95. The number of aromatic nitrogens is 1. The van der Waals surface area contributed by atoms with Crippen molar-refractivity contribution in [2.24, 2.45) is 0 Å². The van der Waals surface area contributed by atoms with E-state index in [0.717, 1.165) is 45.9 Å². The van der Waals surface area contributed by atoms with Crippen LogP contribution in [0.4, 0.5) is 5.69 Å². The van der Waals surface area contributed by atoms with Gasteiger partial charge in [-0.25, -0.2) is 8.42 Å². The van der Waals surface area contributed by atoms with Gasteiger partial charge >= 0.3 is 0 Å². The van der Waals surface area contributed by atoms with Crippen molar-refractivity contribution in [3.8, 4) is 0 Å². The Morgan fingerprint density at radius 2 is 1.77 bits per heavy atom. The number of benzene rings is 2. The molecule has 2 aliphatic heterocycles. The molecule has 0 unspecified atom stereocenters. The molecule has 6 nitrogen and oxygen atoms in total. The van der Waals surface area contributed by atoms with E-state index >= 15 is 0 Å². The molecule has 30 heavy (non-hydrogen) atoms. The lowest BCUT2D eigenvalue weighted by Crippen LogP contribution is -2.35. The predicted molar refractivity (Wildman–Crippen MR) is 120 cm³/mol. The fraction of sp³-hybridized carbons (Fsp3) is 0.318. The molecule has 3 aromatic rings. The van der Waals surface area contributed by atoms with Crippen LogP contribution in [0.25, 0.3) is 10.9 Å². The summed E-state index contributed by atoms with van der Waals surface area (Å²) in [7, 11) is -3.48. The molecular weight excluding hydrogens is 466 g/mol. The van der Waals surface area contributed by atoms with Crippen molar-refractivity contribution in [3.05, 3.63) is 58.2 Å². The van der Waals surface area contributed by atoms with Crippen molar-refractivity contribution < 1.29 is 13.2 Å². The van der Waals surface area contributed by atoms with Crippen LogP contribution in [0.5, 0.6) is 0 Å². The van der Waals surface area contributed by atoms with Crippen LogP contribution in [-0.4, -0.2) is 43.2 Å². The average Bonchev–Trinajstić information content (AvgIpc) is 3.35.